The summed E-state index contributed by atoms with van der Waals surface area (Å²) in [5.41, 5.74) is 0.620. The van der Waals surface area contributed by atoms with E-state index in [1.54, 1.807) is 6.33 Å². The normalized spacial score (nSPS) is 26.5. The van der Waals surface area contributed by atoms with Crippen LogP contribution in [0.4, 0.5) is 0 Å². The Kier molecular flexibility index (Phi) is 4.32. The molecule has 0 N–H and O–H groups in total. The van der Waals surface area contributed by atoms with Gasteiger partial charge in [0.2, 0.25) is 0 Å². The van der Waals surface area contributed by atoms with Crippen molar-refractivity contribution in [3.8, 4) is 0 Å². The number of nitrogens with zero attached hydrogens (tertiary/aromatic N) is 3. The first-order valence-corrected chi connectivity index (χ1v) is 8.51. The first-order chi connectivity index (χ1) is 10.2. The summed E-state index contributed by atoms with van der Waals surface area (Å²) >= 11 is 0. The summed E-state index contributed by atoms with van der Waals surface area (Å²) in [6.45, 7) is 5.13. The number of likely N-dealkylation sites (tertiary alicyclic amines) is 1. The second-order valence-corrected chi connectivity index (χ2v) is 6.91. The molecule has 21 heavy (non-hydrogen) atoms. The molecule has 4 nitrogen and oxygen atoms in total. The predicted octanol–water partition coefficient (Wildman–Crippen LogP) is 3.65. The molecule has 1 amide bonds. The smallest absolute Gasteiger partial charge is 0.274 e. The third-order valence-corrected chi connectivity index (χ3v) is 5.17. The minimum Gasteiger partial charge on any atom is -0.334 e. The third-order valence-electron chi connectivity index (χ3n) is 5.17. The van der Waals surface area contributed by atoms with Gasteiger partial charge in [-0.25, -0.2) is 4.98 Å². The van der Waals surface area contributed by atoms with Gasteiger partial charge in [0.15, 0.2) is 0 Å². The topological polar surface area (TPSA) is 38.1 Å². The minimum absolute atomic E-state index is 0.146. The van der Waals surface area contributed by atoms with Crippen molar-refractivity contribution in [1.82, 2.24) is 14.5 Å². The number of hydrogen-bond acceptors (Lipinski definition) is 2. The van der Waals surface area contributed by atoms with Gasteiger partial charge in [-0.05, 0) is 45.4 Å². The maximum absolute atomic E-state index is 12.9. The molecule has 0 aromatic carbocycles. The summed E-state index contributed by atoms with van der Waals surface area (Å²) in [4.78, 5) is 19.4. The number of aromatic nitrogens is 2. The number of amides is 1. The van der Waals surface area contributed by atoms with Crippen LogP contribution in [0.2, 0.25) is 0 Å². The minimum atomic E-state index is 0.146. The van der Waals surface area contributed by atoms with Crippen LogP contribution < -0.4 is 0 Å². The molecule has 0 unspecified atom stereocenters. The molecule has 4 heteroatoms. The molecule has 1 saturated carbocycles. The van der Waals surface area contributed by atoms with Crippen molar-refractivity contribution >= 4 is 5.91 Å². The van der Waals surface area contributed by atoms with E-state index >= 15 is 0 Å². The van der Waals surface area contributed by atoms with Gasteiger partial charge in [0.25, 0.3) is 5.91 Å². The molecule has 1 aliphatic heterocycles. The van der Waals surface area contributed by atoms with E-state index in [2.05, 4.69) is 23.7 Å². The van der Waals surface area contributed by atoms with Crippen LogP contribution in [0.5, 0.6) is 0 Å². The lowest BCUT2D eigenvalue weighted by Gasteiger charge is -2.38. The van der Waals surface area contributed by atoms with E-state index in [1.165, 1.54) is 38.5 Å². The van der Waals surface area contributed by atoms with Gasteiger partial charge in [-0.2, -0.15) is 0 Å². The molecule has 0 radical (unpaired) electrons. The van der Waals surface area contributed by atoms with Crippen LogP contribution in [0, 0.1) is 5.92 Å². The molecule has 1 aromatic heterocycles. The number of carbonyl (C=O) groups excluding carboxylic acids is 1. The zero-order valence-corrected chi connectivity index (χ0v) is 13.3. The lowest BCUT2D eigenvalue weighted by atomic mass is 9.81. The Morgan fingerprint density at radius 2 is 1.90 bits per heavy atom. The number of rotatable bonds is 2. The first-order valence-electron chi connectivity index (χ1n) is 8.51. The van der Waals surface area contributed by atoms with Crippen LogP contribution in [0.1, 0.15) is 75.3 Å². The monoisotopic (exact) mass is 289 g/mol. The molecule has 0 bridgehead atoms. The van der Waals surface area contributed by atoms with Crippen molar-refractivity contribution in [3.63, 3.8) is 0 Å². The average molecular weight is 289 g/mol. The summed E-state index contributed by atoms with van der Waals surface area (Å²) < 4.78 is 2.02. The van der Waals surface area contributed by atoms with E-state index in [1.807, 2.05) is 10.8 Å². The molecule has 2 aliphatic rings. The van der Waals surface area contributed by atoms with Crippen molar-refractivity contribution < 1.29 is 4.79 Å². The summed E-state index contributed by atoms with van der Waals surface area (Å²) in [6.07, 6.45) is 12.5. The second-order valence-electron chi connectivity index (χ2n) is 6.91. The second kappa shape index (κ2) is 6.20. The lowest BCUT2D eigenvalue weighted by molar-refractivity contribution is 0.0563. The predicted molar refractivity (Wildman–Crippen MR) is 83.2 cm³/mol. The number of carbonyl (C=O) groups is 1. The fourth-order valence-electron chi connectivity index (χ4n) is 3.92. The van der Waals surface area contributed by atoms with Gasteiger partial charge in [0.1, 0.15) is 5.69 Å². The Labute approximate surface area is 127 Å². The molecule has 116 valence electrons. The highest BCUT2D eigenvalue weighted by atomic mass is 16.2. The molecular formula is C17H27N3O. The summed E-state index contributed by atoms with van der Waals surface area (Å²) in [6, 6.07) is 0.809. The zero-order chi connectivity index (χ0) is 14.8. The average Bonchev–Trinajstić information content (AvgIpc) is 2.88. The fourth-order valence-corrected chi connectivity index (χ4v) is 3.92. The summed E-state index contributed by atoms with van der Waals surface area (Å²) in [5.74, 6) is 0.866. The van der Waals surface area contributed by atoms with Crippen LogP contribution in [-0.2, 0) is 0 Å². The standard InChI is InChI=1S/C17H27N3O/c1-13(2)19-11-15(18-12-19)17(21)20-10-6-5-8-14-7-3-4-9-16(14)20/h11-14,16H,3-10H2,1-2H3/t14-,16+/m1/s1. The quantitative estimate of drug-likeness (QED) is 0.833. The third kappa shape index (κ3) is 2.99. The fraction of sp³-hybridized carbons (Fsp3) is 0.765. The molecule has 1 aromatic rings. The van der Waals surface area contributed by atoms with Gasteiger partial charge in [-0.1, -0.05) is 19.3 Å². The number of fused-ring (bicyclic) bond motifs is 1. The maximum atomic E-state index is 12.9. The SMILES string of the molecule is CC(C)n1cnc(C(=O)N2CCCC[C@H]3CCCC[C@@H]32)c1. The van der Waals surface area contributed by atoms with Crippen LogP contribution in [0.15, 0.2) is 12.5 Å². The highest BCUT2D eigenvalue weighted by Gasteiger charge is 2.35. The van der Waals surface area contributed by atoms with Gasteiger partial charge >= 0.3 is 0 Å². The van der Waals surface area contributed by atoms with Crippen molar-refractivity contribution in [1.29, 1.82) is 0 Å². The van der Waals surface area contributed by atoms with Crippen molar-refractivity contribution in [3.05, 3.63) is 18.2 Å². The van der Waals surface area contributed by atoms with E-state index in [0.717, 1.165) is 18.9 Å². The highest BCUT2D eigenvalue weighted by molar-refractivity contribution is 5.92. The Balaban J connectivity index is 1.80. The number of hydrogen-bond donors (Lipinski definition) is 0. The molecule has 2 heterocycles. The molecule has 1 saturated heterocycles. The lowest BCUT2D eigenvalue weighted by Crippen LogP contribution is -2.45. The Hall–Kier alpha value is -1.32. The van der Waals surface area contributed by atoms with Crippen molar-refractivity contribution in [2.24, 2.45) is 5.92 Å². The Morgan fingerprint density at radius 3 is 2.62 bits per heavy atom. The Bertz CT molecular complexity index is 494. The van der Waals surface area contributed by atoms with Crippen LogP contribution in [-0.4, -0.2) is 32.9 Å². The largest absolute Gasteiger partial charge is 0.334 e. The molecule has 2 fully saturated rings. The summed E-state index contributed by atoms with van der Waals surface area (Å²) in [5, 5.41) is 0. The molecule has 2 atom stereocenters. The van der Waals surface area contributed by atoms with Gasteiger partial charge in [-0.15, -0.1) is 0 Å². The van der Waals surface area contributed by atoms with E-state index < -0.39 is 0 Å². The van der Waals surface area contributed by atoms with E-state index in [9.17, 15) is 4.79 Å². The van der Waals surface area contributed by atoms with Crippen LogP contribution >= 0.6 is 0 Å². The van der Waals surface area contributed by atoms with E-state index in [-0.39, 0.29) is 5.91 Å². The van der Waals surface area contributed by atoms with Crippen molar-refractivity contribution in [2.45, 2.75) is 70.9 Å². The Morgan fingerprint density at radius 1 is 1.19 bits per heavy atom. The zero-order valence-electron chi connectivity index (χ0n) is 13.3. The maximum Gasteiger partial charge on any atom is 0.274 e. The van der Waals surface area contributed by atoms with Crippen LogP contribution in [0.3, 0.4) is 0 Å². The van der Waals surface area contributed by atoms with Gasteiger partial charge in [0, 0.05) is 24.8 Å². The molecule has 0 spiro atoms. The van der Waals surface area contributed by atoms with E-state index in [4.69, 9.17) is 0 Å². The first kappa shape index (κ1) is 14.6. The highest BCUT2D eigenvalue weighted by Crippen LogP contribution is 2.35. The molecular weight excluding hydrogens is 262 g/mol. The number of imidazole rings is 1. The summed E-state index contributed by atoms with van der Waals surface area (Å²) in [7, 11) is 0. The molecule has 3 rings (SSSR count). The van der Waals surface area contributed by atoms with E-state index in [0.29, 0.717) is 17.8 Å². The molecule has 1 aliphatic carbocycles. The van der Waals surface area contributed by atoms with Crippen LogP contribution in [0.25, 0.3) is 0 Å². The van der Waals surface area contributed by atoms with Gasteiger partial charge in [0.05, 0.1) is 6.33 Å². The van der Waals surface area contributed by atoms with Gasteiger partial charge in [-0.3, -0.25) is 4.79 Å². The van der Waals surface area contributed by atoms with Gasteiger partial charge < -0.3 is 9.47 Å². The van der Waals surface area contributed by atoms with Crippen molar-refractivity contribution in [2.75, 3.05) is 6.54 Å².